The van der Waals surface area contributed by atoms with E-state index in [1.165, 1.54) is 17.3 Å². The van der Waals surface area contributed by atoms with E-state index in [1.807, 2.05) is 42.9 Å². The molecule has 1 aromatic heterocycles. The van der Waals surface area contributed by atoms with E-state index in [0.29, 0.717) is 11.6 Å². The van der Waals surface area contributed by atoms with Crippen LogP contribution >= 0.6 is 23.4 Å². The molecule has 2 aliphatic rings. The summed E-state index contributed by atoms with van der Waals surface area (Å²) >= 11 is 7.72. The van der Waals surface area contributed by atoms with Crippen molar-refractivity contribution in [2.24, 2.45) is 4.99 Å². The van der Waals surface area contributed by atoms with Gasteiger partial charge in [0.15, 0.2) is 5.17 Å². The Bertz CT molecular complexity index is 1000. The lowest BCUT2D eigenvalue weighted by atomic mass is 9.89. The van der Waals surface area contributed by atoms with Crippen LogP contribution in [0.15, 0.2) is 47.1 Å². The van der Waals surface area contributed by atoms with Crippen molar-refractivity contribution in [1.29, 1.82) is 5.26 Å². The zero-order valence-electron chi connectivity index (χ0n) is 15.5. The molecule has 0 radical (unpaired) electrons. The SMILES string of the molecule is CSC(=NC#N)N1CCC(=C2c3ccc(Cl)cc3OCc3cccnc32)CC1. The summed E-state index contributed by atoms with van der Waals surface area (Å²) in [5, 5.41) is 10.3. The molecule has 0 unspecified atom stereocenters. The molecule has 2 aliphatic heterocycles. The van der Waals surface area contributed by atoms with E-state index in [0.717, 1.165) is 59.2 Å². The molecule has 142 valence electrons. The number of halogens is 1. The Hall–Kier alpha value is -2.49. The van der Waals surface area contributed by atoms with Gasteiger partial charge < -0.3 is 9.64 Å². The van der Waals surface area contributed by atoms with E-state index < -0.39 is 0 Å². The summed E-state index contributed by atoms with van der Waals surface area (Å²) in [5.41, 5.74) is 5.62. The molecule has 0 saturated carbocycles. The standard InChI is InChI=1S/C21H19ClN4OS/c1-28-21(25-13-23)26-9-6-14(7-10-26)19-17-5-4-16(22)11-18(17)27-12-15-3-2-8-24-20(15)19/h2-5,8,11H,6-7,9-10,12H2,1H3. The van der Waals surface area contributed by atoms with Gasteiger partial charge in [-0.25, -0.2) is 0 Å². The van der Waals surface area contributed by atoms with Gasteiger partial charge in [0.1, 0.15) is 12.4 Å². The lowest BCUT2D eigenvalue weighted by Crippen LogP contribution is -2.35. The van der Waals surface area contributed by atoms with E-state index in [4.69, 9.17) is 26.6 Å². The predicted octanol–water partition coefficient (Wildman–Crippen LogP) is 4.73. The Balaban J connectivity index is 1.77. The fourth-order valence-corrected chi connectivity index (χ4v) is 4.48. The van der Waals surface area contributed by atoms with Gasteiger partial charge in [0.05, 0.1) is 5.69 Å². The second-order valence-electron chi connectivity index (χ2n) is 6.60. The van der Waals surface area contributed by atoms with Crippen molar-refractivity contribution < 1.29 is 4.74 Å². The molecular weight excluding hydrogens is 392 g/mol. The highest BCUT2D eigenvalue weighted by molar-refractivity contribution is 8.13. The van der Waals surface area contributed by atoms with Crippen molar-refractivity contribution in [3.05, 3.63) is 63.9 Å². The van der Waals surface area contributed by atoms with Crippen LogP contribution in [0.2, 0.25) is 5.02 Å². The number of rotatable bonds is 0. The first-order valence-corrected chi connectivity index (χ1v) is 10.7. The van der Waals surface area contributed by atoms with Gasteiger partial charge in [-0.2, -0.15) is 5.26 Å². The van der Waals surface area contributed by atoms with Gasteiger partial charge in [0, 0.05) is 41.0 Å². The number of ether oxygens (including phenoxy) is 1. The summed E-state index contributed by atoms with van der Waals surface area (Å²) in [7, 11) is 0. The number of aliphatic imine (C=N–C) groups is 1. The van der Waals surface area contributed by atoms with Crippen molar-refractivity contribution in [3.8, 4) is 11.9 Å². The number of hydrogen-bond donors (Lipinski definition) is 0. The third kappa shape index (κ3) is 3.60. The Morgan fingerprint density at radius 3 is 2.89 bits per heavy atom. The number of fused-ring (bicyclic) bond motifs is 2. The van der Waals surface area contributed by atoms with E-state index in [9.17, 15) is 0 Å². The van der Waals surface area contributed by atoms with Crippen LogP contribution in [0.5, 0.6) is 5.75 Å². The number of piperidine rings is 1. The fourth-order valence-electron chi connectivity index (χ4n) is 3.75. The Morgan fingerprint density at radius 1 is 1.32 bits per heavy atom. The van der Waals surface area contributed by atoms with Crippen LogP contribution < -0.4 is 4.74 Å². The van der Waals surface area contributed by atoms with Gasteiger partial charge in [-0.05, 0) is 43.4 Å². The smallest absolute Gasteiger partial charge is 0.208 e. The van der Waals surface area contributed by atoms with Crippen LogP contribution in [-0.4, -0.2) is 34.4 Å². The summed E-state index contributed by atoms with van der Waals surface area (Å²) in [6.45, 7) is 2.13. The lowest BCUT2D eigenvalue weighted by Gasteiger charge is -2.31. The maximum atomic E-state index is 8.91. The van der Waals surface area contributed by atoms with Crippen LogP contribution in [0.3, 0.4) is 0 Å². The summed E-state index contributed by atoms with van der Waals surface area (Å²) in [5.74, 6) is 0.797. The van der Waals surface area contributed by atoms with Crippen LogP contribution in [0.4, 0.5) is 0 Å². The molecule has 0 aliphatic carbocycles. The average molecular weight is 411 g/mol. The van der Waals surface area contributed by atoms with Crippen LogP contribution in [0.25, 0.3) is 5.57 Å². The lowest BCUT2D eigenvalue weighted by molar-refractivity contribution is 0.307. The summed E-state index contributed by atoms with van der Waals surface area (Å²) in [6, 6.07) is 9.82. The number of thioether (sulfide) groups is 1. The van der Waals surface area contributed by atoms with E-state index in [-0.39, 0.29) is 0 Å². The summed E-state index contributed by atoms with van der Waals surface area (Å²) in [6.07, 6.45) is 7.46. The molecular formula is C21H19ClN4OS. The summed E-state index contributed by atoms with van der Waals surface area (Å²) < 4.78 is 6.06. The molecule has 28 heavy (non-hydrogen) atoms. The normalized spacial score (nSPS) is 16.6. The second-order valence-corrected chi connectivity index (χ2v) is 7.81. The predicted molar refractivity (Wildman–Crippen MR) is 113 cm³/mol. The zero-order chi connectivity index (χ0) is 19.5. The number of amidine groups is 1. The first-order chi connectivity index (χ1) is 13.7. The maximum absolute atomic E-state index is 8.91. The van der Waals surface area contributed by atoms with Crippen molar-refractivity contribution in [3.63, 3.8) is 0 Å². The molecule has 0 amide bonds. The zero-order valence-corrected chi connectivity index (χ0v) is 17.1. The van der Waals surface area contributed by atoms with Gasteiger partial charge in [0.25, 0.3) is 0 Å². The number of nitrogens with zero attached hydrogens (tertiary/aromatic N) is 4. The average Bonchev–Trinajstić information content (AvgIpc) is 2.89. The minimum Gasteiger partial charge on any atom is -0.488 e. The Morgan fingerprint density at radius 2 is 2.14 bits per heavy atom. The molecule has 1 fully saturated rings. The van der Waals surface area contributed by atoms with Gasteiger partial charge in [0.2, 0.25) is 6.19 Å². The number of hydrogen-bond acceptors (Lipinski definition) is 5. The first kappa shape index (κ1) is 18.9. The highest BCUT2D eigenvalue weighted by Gasteiger charge is 2.26. The molecule has 0 atom stereocenters. The van der Waals surface area contributed by atoms with Crippen molar-refractivity contribution >= 4 is 34.1 Å². The second kappa shape index (κ2) is 8.26. The fraction of sp³-hybridized carbons (Fsp3) is 0.286. The Kier molecular flexibility index (Phi) is 5.56. The number of benzene rings is 1. The largest absolute Gasteiger partial charge is 0.488 e. The van der Waals surface area contributed by atoms with Crippen molar-refractivity contribution in [2.75, 3.05) is 19.3 Å². The minimum atomic E-state index is 0.477. The minimum absolute atomic E-state index is 0.477. The maximum Gasteiger partial charge on any atom is 0.208 e. The van der Waals surface area contributed by atoms with Gasteiger partial charge in [-0.1, -0.05) is 35.0 Å². The number of nitriles is 1. The van der Waals surface area contributed by atoms with E-state index >= 15 is 0 Å². The molecule has 0 bridgehead atoms. The molecule has 0 spiro atoms. The first-order valence-electron chi connectivity index (χ1n) is 9.06. The molecule has 5 nitrogen and oxygen atoms in total. The molecule has 4 rings (SSSR count). The van der Waals surface area contributed by atoms with Crippen LogP contribution in [-0.2, 0) is 6.61 Å². The molecule has 0 N–H and O–H groups in total. The molecule has 1 aromatic carbocycles. The Labute approximate surface area is 173 Å². The number of likely N-dealkylation sites (tertiary alicyclic amines) is 1. The van der Waals surface area contributed by atoms with Crippen LogP contribution in [0, 0.1) is 11.5 Å². The molecule has 3 heterocycles. The van der Waals surface area contributed by atoms with Crippen molar-refractivity contribution in [2.45, 2.75) is 19.4 Å². The summed E-state index contributed by atoms with van der Waals surface area (Å²) in [4.78, 5) is 10.8. The van der Waals surface area contributed by atoms with Crippen LogP contribution in [0.1, 0.15) is 29.7 Å². The monoisotopic (exact) mass is 410 g/mol. The van der Waals surface area contributed by atoms with E-state index in [1.54, 1.807) is 0 Å². The van der Waals surface area contributed by atoms with E-state index in [2.05, 4.69) is 16.0 Å². The number of aromatic nitrogens is 1. The van der Waals surface area contributed by atoms with Gasteiger partial charge in [-0.15, -0.1) is 4.99 Å². The third-order valence-corrected chi connectivity index (χ3v) is 5.99. The third-order valence-electron chi connectivity index (χ3n) is 5.04. The molecule has 2 aromatic rings. The molecule has 7 heteroatoms. The van der Waals surface area contributed by atoms with Gasteiger partial charge in [-0.3, -0.25) is 4.98 Å². The quantitative estimate of drug-likeness (QED) is 0.357. The van der Waals surface area contributed by atoms with Gasteiger partial charge >= 0.3 is 0 Å². The molecule has 1 saturated heterocycles. The highest BCUT2D eigenvalue weighted by atomic mass is 35.5. The number of pyridine rings is 1. The van der Waals surface area contributed by atoms with Crippen molar-refractivity contribution in [1.82, 2.24) is 9.88 Å². The highest BCUT2D eigenvalue weighted by Crippen LogP contribution is 2.41. The topological polar surface area (TPSA) is 61.5 Å².